The molecule has 0 saturated heterocycles. The second kappa shape index (κ2) is 3.46. The Morgan fingerprint density at radius 3 is 2.67 bits per heavy atom. The maximum Gasteiger partial charge on any atom is 0.121 e. The maximum absolute atomic E-state index is 8.70. The van der Waals surface area contributed by atoms with Gasteiger partial charge in [0, 0.05) is 5.02 Å². The Hall–Kier alpha value is -1.20. The van der Waals surface area contributed by atoms with Crippen LogP contribution in [0.15, 0.2) is 12.1 Å². The second-order valence-electron chi connectivity index (χ2n) is 2.39. The van der Waals surface area contributed by atoms with Crippen molar-refractivity contribution in [2.75, 3.05) is 7.11 Å². The van der Waals surface area contributed by atoms with E-state index in [-0.39, 0.29) is 0 Å². The van der Waals surface area contributed by atoms with Crippen LogP contribution in [-0.4, -0.2) is 7.11 Å². The first-order valence-electron chi connectivity index (χ1n) is 3.43. The molecule has 0 N–H and O–H groups in total. The average molecular weight is 182 g/mol. The van der Waals surface area contributed by atoms with E-state index < -0.39 is 0 Å². The van der Waals surface area contributed by atoms with E-state index in [9.17, 15) is 0 Å². The number of hydrogen-bond acceptors (Lipinski definition) is 2. The van der Waals surface area contributed by atoms with Crippen LogP contribution in [0.25, 0.3) is 0 Å². The first-order chi connectivity index (χ1) is 5.69. The molecule has 0 aromatic heterocycles. The SMILES string of the molecule is COc1cc(Cl)c(C)c(C#N)c1. The summed E-state index contributed by atoms with van der Waals surface area (Å²) in [6.45, 7) is 1.81. The van der Waals surface area contributed by atoms with E-state index in [4.69, 9.17) is 21.6 Å². The van der Waals surface area contributed by atoms with Crippen LogP contribution in [0.2, 0.25) is 5.02 Å². The lowest BCUT2D eigenvalue weighted by atomic mass is 10.1. The molecule has 0 aliphatic rings. The van der Waals surface area contributed by atoms with Gasteiger partial charge in [0.25, 0.3) is 0 Å². The summed E-state index contributed by atoms with van der Waals surface area (Å²) in [7, 11) is 1.54. The molecule has 0 amide bonds. The number of nitriles is 1. The third-order valence-electron chi connectivity index (χ3n) is 1.67. The average Bonchev–Trinajstić information content (AvgIpc) is 2.09. The Labute approximate surface area is 76.3 Å². The molecule has 0 bridgehead atoms. The minimum Gasteiger partial charge on any atom is -0.497 e. The molecule has 0 unspecified atom stereocenters. The lowest BCUT2D eigenvalue weighted by molar-refractivity contribution is 0.414. The zero-order valence-electron chi connectivity index (χ0n) is 6.89. The van der Waals surface area contributed by atoms with Gasteiger partial charge in [0.15, 0.2) is 0 Å². The molecular formula is C9H8ClNO. The van der Waals surface area contributed by atoms with E-state index in [1.54, 1.807) is 26.2 Å². The Kier molecular flexibility index (Phi) is 2.57. The highest BCUT2D eigenvalue weighted by Crippen LogP contribution is 2.25. The molecule has 0 radical (unpaired) electrons. The molecule has 0 heterocycles. The number of hydrogen-bond donors (Lipinski definition) is 0. The van der Waals surface area contributed by atoms with Gasteiger partial charge in [-0.1, -0.05) is 11.6 Å². The van der Waals surface area contributed by atoms with Gasteiger partial charge in [-0.15, -0.1) is 0 Å². The molecule has 1 rings (SSSR count). The minimum atomic E-state index is 0.555. The normalized spacial score (nSPS) is 9.17. The van der Waals surface area contributed by atoms with Crippen molar-refractivity contribution >= 4 is 11.6 Å². The molecule has 0 fully saturated rings. The van der Waals surface area contributed by atoms with E-state index in [0.717, 1.165) is 5.56 Å². The largest absolute Gasteiger partial charge is 0.497 e. The van der Waals surface area contributed by atoms with Crippen molar-refractivity contribution in [1.29, 1.82) is 5.26 Å². The molecule has 1 aromatic carbocycles. The fraction of sp³-hybridized carbons (Fsp3) is 0.222. The fourth-order valence-corrected chi connectivity index (χ4v) is 1.10. The van der Waals surface area contributed by atoms with Crippen molar-refractivity contribution in [3.05, 3.63) is 28.3 Å². The molecule has 0 aliphatic carbocycles. The van der Waals surface area contributed by atoms with Crippen LogP contribution in [0.1, 0.15) is 11.1 Å². The molecule has 3 heteroatoms. The van der Waals surface area contributed by atoms with Gasteiger partial charge in [0.05, 0.1) is 18.7 Å². The van der Waals surface area contributed by atoms with Crippen LogP contribution >= 0.6 is 11.6 Å². The van der Waals surface area contributed by atoms with Crippen LogP contribution in [0.5, 0.6) is 5.75 Å². The Balaban J connectivity index is 3.31. The summed E-state index contributed by atoms with van der Waals surface area (Å²) in [6, 6.07) is 5.41. The summed E-state index contributed by atoms with van der Waals surface area (Å²) >= 11 is 5.85. The highest BCUT2D eigenvalue weighted by atomic mass is 35.5. The standard InChI is InChI=1S/C9H8ClNO/c1-6-7(5-11)3-8(12-2)4-9(6)10/h3-4H,1-2H3. The van der Waals surface area contributed by atoms with Gasteiger partial charge in [0.2, 0.25) is 0 Å². The van der Waals surface area contributed by atoms with E-state index in [1.165, 1.54) is 0 Å². The maximum atomic E-state index is 8.70. The van der Waals surface area contributed by atoms with Crippen LogP contribution in [0.4, 0.5) is 0 Å². The van der Waals surface area contributed by atoms with Gasteiger partial charge in [0.1, 0.15) is 5.75 Å². The molecular weight excluding hydrogens is 174 g/mol. The third kappa shape index (κ3) is 1.51. The topological polar surface area (TPSA) is 33.0 Å². The molecule has 0 aliphatic heterocycles. The summed E-state index contributed by atoms with van der Waals surface area (Å²) in [5.74, 6) is 0.613. The first-order valence-corrected chi connectivity index (χ1v) is 3.81. The van der Waals surface area contributed by atoms with E-state index >= 15 is 0 Å². The Bertz CT molecular complexity index is 341. The summed E-state index contributed by atoms with van der Waals surface area (Å²) in [4.78, 5) is 0. The molecule has 0 atom stereocenters. The summed E-state index contributed by atoms with van der Waals surface area (Å²) in [5, 5.41) is 9.26. The summed E-state index contributed by atoms with van der Waals surface area (Å²) in [6.07, 6.45) is 0. The molecule has 0 spiro atoms. The predicted molar refractivity (Wildman–Crippen MR) is 47.5 cm³/mol. The van der Waals surface area contributed by atoms with E-state index in [0.29, 0.717) is 16.3 Å². The monoisotopic (exact) mass is 181 g/mol. The fourth-order valence-electron chi connectivity index (χ4n) is 0.888. The van der Waals surface area contributed by atoms with Crippen molar-refractivity contribution in [3.8, 4) is 11.8 Å². The van der Waals surface area contributed by atoms with Gasteiger partial charge in [-0.3, -0.25) is 0 Å². The minimum absolute atomic E-state index is 0.555. The highest BCUT2D eigenvalue weighted by Gasteiger charge is 2.04. The molecule has 1 aromatic rings. The lowest BCUT2D eigenvalue weighted by Gasteiger charge is -2.04. The number of halogens is 1. The van der Waals surface area contributed by atoms with Gasteiger partial charge in [-0.2, -0.15) is 5.26 Å². The number of benzene rings is 1. The van der Waals surface area contributed by atoms with Gasteiger partial charge < -0.3 is 4.74 Å². The number of nitrogens with zero attached hydrogens (tertiary/aromatic N) is 1. The zero-order chi connectivity index (χ0) is 9.14. The molecule has 2 nitrogen and oxygen atoms in total. The van der Waals surface area contributed by atoms with Crippen molar-refractivity contribution in [2.24, 2.45) is 0 Å². The van der Waals surface area contributed by atoms with Crippen molar-refractivity contribution in [1.82, 2.24) is 0 Å². The number of ether oxygens (including phenoxy) is 1. The van der Waals surface area contributed by atoms with Gasteiger partial charge >= 0.3 is 0 Å². The Morgan fingerprint density at radius 2 is 2.17 bits per heavy atom. The van der Waals surface area contributed by atoms with E-state index in [1.807, 2.05) is 6.07 Å². The quantitative estimate of drug-likeness (QED) is 0.667. The van der Waals surface area contributed by atoms with Crippen LogP contribution in [0, 0.1) is 18.3 Å². The lowest BCUT2D eigenvalue weighted by Crippen LogP contribution is -1.88. The summed E-state index contributed by atoms with van der Waals surface area (Å²) in [5.41, 5.74) is 1.35. The van der Waals surface area contributed by atoms with Crippen LogP contribution in [0.3, 0.4) is 0 Å². The van der Waals surface area contributed by atoms with Crippen molar-refractivity contribution in [3.63, 3.8) is 0 Å². The Morgan fingerprint density at radius 1 is 1.50 bits per heavy atom. The van der Waals surface area contributed by atoms with Crippen LogP contribution < -0.4 is 4.74 Å². The first kappa shape index (κ1) is 8.89. The molecule has 12 heavy (non-hydrogen) atoms. The van der Waals surface area contributed by atoms with Gasteiger partial charge in [-0.05, 0) is 24.6 Å². The number of methoxy groups -OCH3 is 1. The second-order valence-corrected chi connectivity index (χ2v) is 2.80. The van der Waals surface area contributed by atoms with Crippen molar-refractivity contribution < 1.29 is 4.74 Å². The summed E-state index contributed by atoms with van der Waals surface area (Å²) < 4.78 is 4.96. The number of rotatable bonds is 1. The van der Waals surface area contributed by atoms with Gasteiger partial charge in [-0.25, -0.2) is 0 Å². The van der Waals surface area contributed by atoms with Crippen molar-refractivity contribution in [2.45, 2.75) is 6.92 Å². The molecule has 0 saturated carbocycles. The van der Waals surface area contributed by atoms with E-state index in [2.05, 4.69) is 0 Å². The highest BCUT2D eigenvalue weighted by molar-refractivity contribution is 6.31. The predicted octanol–water partition coefficient (Wildman–Crippen LogP) is 2.53. The molecule has 62 valence electrons. The van der Waals surface area contributed by atoms with Crippen LogP contribution in [-0.2, 0) is 0 Å². The third-order valence-corrected chi connectivity index (χ3v) is 2.07. The smallest absolute Gasteiger partial charge is 0.121 e. The zero-order valence-corrected chi connectivity index (χ0v) is 7.64.